The van der Waals surface area contributed by atoms with Crippen LogP contribution in [0.1, 0.15) is 21.5 Å². The highest BCUT2D eigenvalue weighted by Crippen LogP contribution is 2.29. The molecule has 1 N–H and O–H groups in total. The quantitative estimate of drug-likeness (QED) is 0.873. The Hall–Kier alpha value is -2.94. The molecular weight excluding hydrogens is 319 g/mol. The molecule has 0 aliphatic rings. The van der Waals surface area contributed by atoms with Gasteiger partial charge in [-0.15, -0.1) is 0 Å². The molecule has 0 heterocycles. The zero-order valence-electron chi connectivity index (χ0n) is 12.8. The van der Waals surface area contributed by atoms with Crippen molar-refractivity contribution in [1.82, 2.24) is 5.32 Å². The van der Waals surface area contributed by atoms with Gasteiger partial charge in [0.15, 0.2) is 0 Å². The second-order valence-electron chi connectivity index (χ2n) is 4.79. The van der Waals surface area contributed by atoms with E-state index in [0.29, 0.717) is 5.75 Å². The molecule has 2 aromatic carbocycles. The predicted molar refractivity (Wildman–Crippen MR) is 83.6 cm³/mol. The maximum Gasteiger partial charge on any atom is 0.416 e. The minimum Gasteiger partial charge on any atom is -0.497 e. The Morgan fingerprint density at radius 3 is 2.50 bits per heavy atom. The van der Waals surface area contributed by atoms with Crippen molar-refractivity contribution in [3.05, 3.63) is 65.2 Å². The Labute approximate surface area is 137 Å². The van der Waals surface area contributed by atoms with Gasteiger partial charge in [0.2, 0.25) is 0 Å². The molecule has 2 aromatic rings. The summed E-state index contributed by atoms with van der Waals surface area (Å²) in [6.07, 6.45) is -4.48. The number of methoxy groups -OCH3 is 1. The van der Waals surface area contributed by atoms with Gasteiger partial charge in [0.1, 0.15) is 5.75 Å². The molecule has 2 rings (SSSR count). The first-order valence-electron chi connectivity index (χ1n) is 6.98. The number of alkyl halides is 3. The summed E-state index contributed by atoms with van der Waals surface area (Å²) in [5, 5.41) is 2.47. The summed E-state index contributed by atoms with van der Waals surface area (Å²) < 4.78 is 42.9. The van der Waals surface area contributed by atoms with Crippen molar-refractivity contribution in [2.45, 2.75) is 6.18 Å². The van der Waals surface area contributed by atoms with Gasteiger partial charge in [-0.1, -0.05) is 17.9 Å². The standard InChI is InChI=1S/C18H14F3NO2/c1-24-16-9-7-13(8-10-16)4-3-11-22-17(23)14-5-2-6-15(12-14)18(19,20)21/h2,5-10,12H,11H2,1H3,(H,22,23). The third-order valence-corrected chi connectivity index (χ3v) is 3.11. The maximum absolute atomic E-state index is 12.6. The van der Waals surface area contributed by atoms with Gasteiger partial charge in [-0.3, -0.25) is 4.79 Å². The highest BCUT2D eigenvalue weighted by atomic mass is 19.4. The van der Waals surface area contributed by atoms with Crippen LogP contribution in [0.15, 0.2) is 48.5 Å². The molecule has 0 aromatic heterocycles. The van der Waals surface area contributed by atoms with Crippen molar-refractivity contribution in [2.75, 3.05) is 13.7 Å². The fraction of sp³-hybridized carbons (Fsp3) is 0.167. The van der Waals surface area contributed by atoms with Crippen LogP contribution in [-0.2, 0) is 6.18 Å². The second kappa shape index (κ2) is 7.55. The van der Waals surface area contributed by atoms with Crippen molar-refractivity contribution >= 4 is 5.91 Å². The molecule has 0 unspecified atom stereocenters. The molecule has 24 heavy (non-hydrogen) atoms. The third kappa shape index (κ3) is 4.78. The van der Waals surface area contributed by atoms with Gasteiger partial charge in [0.25, 0.3) is 5.91 Å². The SMILES string of the molecule is COc1ccc(C#CCNC(=O)c2cccc(C(F)(F)F)c2)cc1. The Bertz CT molecular complexity index is 771. The summed E-state index contributed by atoms with van der Waals surface area (Å²) in [5.74, 6) is 5.68. The molecule has 1 amide bonds. The van der Waals surface area contributed by atoms with Crippen molar-refractivity contribution < 1.29 is 22.7 Å². The largest absolute Gasteiger partial charge is 0.497 e. The van der Waals surface area contributed by atoms with Gasteiger partial charge in [-0.2, -0.15) is 13.2 Å². The highest BCUT2D eigenvalue weighted by Gasteiger charge is 2.30. The average Bonchev–Trinajstić information content (AvgIpc) is 2.58. The fourth-order valence-electron chi connectivity index (χ4n) is 1.88. The van der Waals surface area contributed by atoms with E-state index in [1.807, 2.05) is 0 Å². The number of amides is 1. The first kappa shape index (κ1) is 17.4. The highest BCUT2D eigenvalue weighted by molar-refractivity contribution is 5.94. The Morgan fingerprint density at radius 1 is 1.17 bits per heavy atom. The van der Waals surface area contributed by atoms with E-state index in [0.717, 1.165) is 17.7 Å². The Morgan fingerprint density at radius 2 is 1.88 bits per heavy atom. The van der Waals surface area contributed by atoms with Crippen LogP contribution in [0.4, 0.5) is 13.2 Å². The summed E-state index contributed by atoms with van der Waals surface area (Å²) in [4.78, 5) is 11.9. The van der Waals surface area contributed by atoms with E-state index in [9.17, 15) is 18.0 Å². The summed E-state index contributed by atoms with van der Waals surface area (Å²) in [6.45, 7) is 0.0289. The summed E-state index contributed by atoms with van der Waals surface area (Å²) in [7, 11) is 1.56. The molecule has 0 aliphatic heterocycles. The van der Waals surface area contributed by atoms with Crippen LogP contribution in [0.25, 0.3) is 0 Å². The zero-order chi connectivity index (χ0) is 17.6. The van der Waals surface area contributed by atoms with Crippen molar-refractivity contribution in [1.29, 1.82) is 0 Å². The van der Waals surface area contributed by atoms with E-state index in [-0.39, 0.29) is 12.1 Å². The lowest BCUT2D eigenvalue weighted by atomic mass is 10.1. The number of ether oxygens (including phenoxy) is 1. The number of hydrogen-bond donors (Lipinski definition) is 1. The van der Waals surface area contributed by atoms with Crippen molar-refractivity contribution in [3.8, 4) is 17.6 Å². The van der Waals surface area contributed by atoms with Gasteiger partial charge >= 0.3 is 6.18 Å². The normalized spacial score (nSPS) is 10.5. The monoisotopic (exact) mass is 333 g/mol. The molecule has 0 atom stereocenters. The average molecular weight is 333 g/mol. The smallest absolute Gasteiger partial charge is 0.416 e. The summed E-state index contributed by atoms with van der Waals surface area (Å²) in [5.41, 5.74) is -0.181. The molecule has 124 valence electrons. The maximum atomic E-state index is 12.6. The van der Waals surface area contributed by atoms with Crippen LogP contribution in [0, 0.1) is 11.8 Å². The molecule has 0 saturated carbocycles. The third-order valence-electron chi connectivity index (χ3n) is 3.11. The molecule has 6 heteroatoms. The van der Waals surface area contributed by atoms with Crippen LogP contribution in [0.2, 0.25) is 0 Å². The van der Waals surface area contributed by atoms with Gasteiger partial charge in [0, 0.05) is 11.1 Å². The van der Waals surface area contributed by atoms with Crippen LogP contribution in [-0.4, -0.2) is 19.6 Å². The molecule has 0 fully saturated rings. The van der Waals surface area contributed by atoms with E-state index in [1.54, 1.807) is 31.4 Å². The van der Waals surface area contributed by atoms with Gasteiger partial charge in [-0.25, -0.2) is 0 Å². The second-order valence-corrected chi connectivity index (χ2v) is 4.79. The van der Waals surface area contributed by atoms with Crippen LogP contribution in [0.3, 0.4) is 0 Å². The molecule has 0 saturated heterocycles. The summed E-state index contributed by atoms with van der Waals surface area (Å²) in [6, 6.07) is 11.3. The number of rotatable bonds is 3. The van der Waals surface area contributed by atoms with Gasteiger partial charge in [0.05, 0.1) is 19.2 Å². The molecule has 0 radical (unpaired) electrons. The van der Waals surface area contributed by atoms with Crippen molar-refractivity contribution in [2.24, 2.45) is 0 Å². The number of benzene rings is 2. The van der Waals surface area contributed by atoms with E-state index in [1.165, 1.54) is 12.1 Å². The number of carbonyl (C=O) groups excluding carboxylic acids is 1. The Kier molecular flexibility index (Phi) is 5.48. The summed E-state index contributed by atoms with van der Waals surface area (Å²) >= 11 is 0. The van der Waals surface area contributed by atoms with Crippen LogP contribution in [0.5, 0.6) is 5.75 Å². The molecule has 0 aliphatic carbocycles. The lowest BCUT2D eigenvalue weighted by Crippen LogP contribution is -2.24. The molecule has 0 spiro atoms. The van der Waals surface area contributed by atoms with E-state index in [2.05, 4.69) is 17.2 Å². The number of nitrogens with one attached hydrogen (secondary N) is 1. The Balaban J connectivity index is 1.95. The lowest BCUT2D eigenvalue weighted by Gasteiger charge is -2.08. The molecule has 0 bridgehead atoms. The molecule has 3 nitrogen and oxygen atoms in total. The minimum absolute atomic E-state index is 0.0289. The topological polar surface area (TPSA) is 38.3 Å². The predicted octanol–water partition coefficient (Wildman–Crippen LogP) is 3.50. The minimum atomic E-state index is -4.48. The van der Waals surface area contributed by atoms with E-state index in [4.69, 9.17) is 4.74 Å². The first-order chi connectivity index (χ1) is 11.4. The van der Waals surface area contributed by atoms with Crippen LogP contribution < -0.4 is 10.1 Å². The van der Waals surface area contributed by atoms with Gasteiger partial charge < -0.3 is 10.1 Å². The zero-order valence-corrected chi connectivity index (χ0v) is 12.8. The number of carbonyl (C=O) groups is 1. The van der Waals surface area contributed by atoms with E-state index < -0.39 is 17.6 Å². The van der Waals surface area contributed by atoms with Crippen LogP contribution >= 0.6 is 0 Å². The number of hydrogen-bond acceptors (Lipinski definition) is 2. The lowest BCUT2D eigenvalue weighted by molar-refractivity contribution is -0.137. The fourth-order valence-corrected chi connectivity index (χ4v) is 1.88. The van der Waals surface area contributed by atoms with Crippen molar-refractivity contribution in [3.63, 3.8) is 0 Å². The van der Waals surface area contributed by atoms with E-state index >= 15 is 0 Å². The number of halogens is 3. The molecular formula is C18H14F3NO2. The van der Waals surface area contributed by atoms with Gasteiger partial charge in [-0.05, 0) is 42.5 Å². The first-order valence-corrected chi connectivity index (χ1v) is 6.98.